The van der Waals surface area contributed by atoms with Crippen LogP contribution < -0.4 is 0 Å². The molecule has 0 aliphatic rings. The highest BCUT2D eigenvalue weighted by atomic mass is 127. The van der Waals surface area contributed by atoms with Crippen molar-refractivity contribution < 1.29 is 8.85 Å². The van der Waals surface area contributed by atoms with Crippen LogP contribution in [0.4, 0.5) is 0 Å². The molecule has 0 aromatic heterocycles. The standard InChI is InChI=1S/C10H23IO2Si/c1-5-7-12-14(9-11,10(3)4)13-8-6-2/h10H,5-9H2,1-4H3. The Kier molecular flexibility index (Phi) is 8.57. The Bertz CT molecular complexity index is 134. The van der Waals surface area contributed by atoms with E-state index in [0.717, 1.165) is 30.1 Å². The summed E-state index contributed by atoms with van der Waals surface area (Å²) < 4.78 is 13.0. The van der Waals surface area contributed by atoms with E-state index >= 15 is 0 Å². The molecule has 0 rings (SSSR count). The van der Waals surface area contributed by atoms with E-state index in [1.54, 1.807) is 0 Å². The Morgan fingerprint density at radius 3 is 1.71 bits per heavy atom. The highest BCUT2D eigenvalue weighted by Crippen LogP contribution is 2.26. The van der Waals surface area contributed by atoms with Crippen molar-refractivity contribution in [1.29, 1.82) is 0 Å². The highest BCUT2D eigenvalue weighted by Gasteiger charge is 2.40. The molecule has 0 saturated carbocycles. The molecular formula is C10H23IO2Si. The average Bonchev–Trinajstić information content (AvgIpc) is 2.18. The lowest BCUT2D eigenvalue weighted by molar-refractivity contribution is 0.166. The van der Waals surface area contributed by atoms with E-state index in [9.17, 15) is 0 Å². The van der Waals surface area contributed by atoms with Crippen LogP contribution in [0.3, 0.4) is 0 Å². The molecule has 0 unspecified atom stereocenters. The van der Waals surface area contributed by atoms with E-state index in [4.69, 9.17) is 8.85 Å². The van der Waals surface area contributed by atoms with Gasteiger partial charge in [-0.25, -0.2) is 0 Å². The average molecular weight is 330 g/mol. The van der Waals surface area contributed by atoms with Crippen LogP contribution in [0, 0.1) is 0 Å². The summed E-state index contributed by atoms with van der Waals surface area (Å²) in [7, 11) is -1.90. The third-order valence-electron chi connectivity index (χ3n) is 2.17. The summed E-state index contributed by atoms with van der Waals surface area (Å²) in [5, 5.41) is 0. The van der Waals surface area contributed by atoms with Gasteiger partial charge in [-0.15, -0.1) is 0 Å². The number of halogens is 1. The molecule has 0 amide bonds. The van der Waals surface area contributed by atoms with Gasteiger partial charge >= 0.3 is 8.56 Å². The van der Waals surface area contributed by atoms with Gasteiger partial charge in [0.25, 0.3) is 0 Å². The summed E-state index contributed by atoms with van der Waals surface area (Å²) >= 11 is 2.41. The molecule has 0 aliphatic heterocycles. The molecule has 0 bridgehead atoms. The van der Waals surface area contributed by atoms with Gasteiger partial charge in [0.15, 0.2) is 0 Å². The first kappa shape index (κ1) is 14.9. The molecule has 2 nitrogen and oxygen atoms in total. The molecule has 0 fully saturated rings. The molecule has 0 spiro atoms. The first-order valence-electron chi connectivity index (χ1n) is 5.46. The first-order chi connectivity index (χ1) is 6.63. The third kappa shape index (κ3) is 4.59. The number of alkyl halides is 1. The molecule has 0 saturated heterocycles. The van der Waals surface area contributed by atoms with Crippen LogP contribution in [-0.2, 0) is 8.85 Å². The van der Waals surface area contributed by atoms with Crippen LogP contribution in [0.2, 0.25) is 5.54 Å². The minimum Gasteiger partial charge on any atom is -0.394 e. The van der Waals surface area contributed by atoms with Crippen molar-refractivity contribution in [3.63, 3.8) is 0 Å². The molecule has 0 aliphatic carbocycles. The predicted octanol–water partition coefficient (Wildman–Crippen LogP) is 3.67. The third-order valence-corrected chi connectivity index (χ3v) is 8.87. The molecule has 86 valence electrons. The Labute approximate surface area is 103 Å². The van der Waals surface area contributed by atoms with Crippen molar-refractivity contribution >= 4 is 31.2 Å². The zero-order valence-electron chi connectivity index (χ0n) is 9.81. The van der Waals surface area contributed by atoms with Gasteiger partial charge in [0.1, 0.15) is 0 Å². The van der Waals surface area contributed by atoms with E-state index in [-0.39, 0.29) is 0 Å². The predicted molar refractivity (Wildman–Crippen MR) is 72.2 cm³/mol. The van der Waals surface area contributed by atoms with Crippen LogP contribution in [-0.4, -0.2) is 25.8 Å². The topological polar surface area (TPSA) is 18.5 Å². The second-order valence-corrected chi connectivity index (χ2v) is 9.71. The van der Waals surface area contributed by atoms with Crippen molar-refractivity contribution in [1.82, 2.24) is 0 Å². The Balaban J connectivity index is 4.27. The van der Waals surface area contributed by atoms with Gasteiger partial charge in [-0.2, -0.15) is 0 Å². The van der Waals surface area contributed by atoms with E-state index < -0.39 is 8.56 Å². The number of hydrogen-bond donors (Lipinski definition) is 0. The molecular weight excluding hydrogens is 307 g/mol. The SMILES string of the molecule is CCCO[Si](CI)(OCCC)C(C)C. The van der Waals surface area contributed by atoms with Crippen molar-refractivity contribution in [3.05, 3.63) is 0 Å². The molecule has 0 radical (unpaired) electrons. The molecule has 0 N–H and O–H groups in total. The van der Waals surface area contributed by atoms with Gasteiger partial charge in [0.05, 0.1) is 0 Å². The Hall–Kier alpha value is 0.867. The lowest BCUT2D eigenvalue weighted by atomic mass is 10.5. The molecule has 0 heterocycles. The maximum absolute atomic E-state index is 6.00. The largest absolute Gasteiger partial charge is 0.394 e. The number of rotatable bonds is 8. The van der Waals surface area contributed by atoms with Crippen LogP contribution in [0.15, 0.2) is 0 Å². The number of hydrogen-bond acceptors (Lipinski definition) is 2. The molecule has 0 atom stereocenters. The molecule has 0 aromatic rings. The second kappa shape index (κ2) is 8.07. The smallest absolute Gasteiger partial charge is 0.350 e. The van der Waals surface area contributed by atoms with Crippen LogP contribution in [0.1, 0.15) is 40.5 Å². The quantitative estimate of drug-likeness (QED) is 0.384. The second-order valence-electron chi connectivity index (χ2n) is 3.80. The summed E-state index contributed by atoms with van der Waals surface area (Å²) in [6, 6.07) is 0. The monoisotopic (exact) mass is 330 g/mol. The lowest BCUT2D eigenvalue weighted by Gasteiger charge is -2.32. The van der Waals surface area contributed by atoms with Gasteiger partial charge in [0.2, 0.25) is 0 Å². The lowest BCUT2D eigenvalue weighted by Crippen LogP contribution is -2.48. The summed E-state index contributed by atoms with van der Waals surface area (Å²) in [5.74, 6) is 0. The van der Waals surface area contributed by atoms with E-state index in [2.05, 4.69) is 50.3 Å². The highest BCUT2D eigenvalue weighted by molar-refractivity contribution is 14.1. The van der Waals surface area contributed by atoms with Crippen LogP contribution in [0.5, 0.6) is 0 Å². The summed E-state index contributed by atoms with van der Waals surface area (Å²) in [6.07, 6.45) is 2.15. The maximum Gasteiger partial charge on any atom is 0.350 e. The summed E-state index contributed by atoms with van der Waals surface area (Å²) in [5.41, 5.74) is 0.539. The van der Waals surface area contributed by atoms with Crippen molar-refractivity contribution in [2.45, 2.75) is 46.1 Å². The van der Waals surface area contributed by atoms with Gasteiger partial charge in [-0.1, -0.05) is 50.3 Å². The van der Waals surface area contributed by atoms with Gasteiger partial charge in [-0.05, 0) is 18.4 Å². The minimum atomic E-state index is -1.90. The van der Waals surface area contributed by atoms with Crippen molar-refractivity contribution in [2.75, 3.05) is 17.3 Å². The maximum atomic E-state index is 6.00. The summed E-state index contributed by atoms with van der Waals surface area (Å²) in [4.78, 5) is 0. The fourth-order valence-electron chi connectivity index (χ4n) is 1.16. The Morgan fingerprint density at radius 1 is 1.07 bits per heavy atom. The summed E-state index contributed by atoms with van der Waals surface area (Å²) in [6.45, 7) is 10.4. The van der Waals surface area contributed by atoms with Gasteiger partial charge in [0, 0.05) is 17.3 Å². The zero-order valence-corrected chi connectivity index (χ0v) is 13.0. The minimum absolute atomic E-state index is 0.539. The van der Waals surface area contributed by atoms with Crippen molar-refractivity contribution in [3.8, 4) is 0 Å². The molecule has 14 heavy (non-hydrogen) atoms. The first-order valence-corrected chi connectivity index (χ1v) is 9.09. The van der Waals surface area contributed by atoms with Crippen LogP contribution in [0.25, 0.3) is 0 Å². The van der Waals surface area contributed by atoms with Crippen LogP contribution >= 0.6 is 22.6 Å². The van der Waals surface area contributed by atoms with Gasteiger partial charge < -0.3 is 8.85 Å². The normalized spacial score (nSPS) is 12.4. The van der Waals surface area contributed by atoms with E-state index in [1.165, 1.54) is 0 Å². The van der Waals surface area contributed by atoms with Crippen molar-refractivity contribution in [2.24, 2.45) is 0 Å². The molecule has 0 aromatic carbocycles. The Morgan fingerprint density at radius 2 is 1.50 bits per heavy atom. The van der Waals surface area contributed by atoms with E-state index in [1.807, 2.05) is 0 Å². The fraction of sp³-hybridized carbons (Fsp3) is 1.00. The fourth-order valence-corrected chi connectivity index (χ4v) is 7.43. The van der Waals surface area contributed by atoms with Gasteiger partial charge in [-0.3, -0.25) is 0 Å². The molecule has 4 heteroatoms. The van der Waals surface area contributed by atoms with E-state index in [0.29, 0.717) is 5.54 Å². The zero-order chi connectivity index (χ0) is 11.0.